The number of benzene rings is 6. The Balaban J connectivity index is 0.000000251. The average Bonchev–Trinajstić information content (AvgIpc) is 3.28. The van der Waals surface area contributed by atoms with Gasteiger partial charge in [0, 0.05) is 28.6 Å². The van der Waals surface area contributed by atoms with Crippen molar-refractivity contribution in [2.75, 3.05) is 35.9 Å². The number of carbonyl (C=O) groups is 2. The Morgan fingerprint density at radius 2 is 0.955 bits per heavy atom. The van der Waals surface area contributed by atoms with Gasteiger partial charge in [0.1, 0.15) is 49.4 Å². The SMILES string of the molecule is O=C(O)Cc1ccccc1OCCOc1ccc(NS(=O)(=O)c2ccc(C(F)(F)F)cc2)cc1.O=C(O)Cc1ccccc1OCCOc1ccc(NS(=O)(=O)c2ccccc2[N+](=O)[O-])cc1. The van der Waals surface area contributed by atoms with Crippen molar-refractivity contribution in [1.82, 2.24) is 0 Å². The van der Waals surface area contributed by atoms with E-state index in [0.29, 0.717) is 46.3 Å². The Bertz CT molecular complexity index is 2870. The minimum Gasteiger partial charge on any atom is -0.490 e. The Morgan fingerprint density at radius 3 is 1.39 bits per heavy atom. The minimum atomic E-state index is -4.56. The normalized spacial score (nSPS) is 11.3. The molecule has 0 fully saturated rings. The summed E-state index contributed by atoms with van der Waals surface area (Å²) in [4.78, 5) is 31.5. The molecule has 67 heavy (non-hydrogen) atoms. The monoisotopic (exact) mass is 967 g/mol. The van der Waals surface area contributed by atoms with Crippen LogP contribution in [0.3, 0.4) is 0 Å². The topological polar surface area (TPSA) is 247 Å². The lowest BCUT2D eigenvalue weighted by Crippen LogP contribution is -2.14. The lowest BCUT2D eigenvalue weighted by Gasteiger charge is -2.12. The van der Waals surface area contributed by atoms with Crippen LogP contribution in [0.5, 0.6) is 23.0 Å². The number of hydrogen-bond donors (Lipinski definition) is 4. The van der Waals surface area contributed by atoms with Gasteiger partial charge in [-0.05, 0) is 91.0 Å². The van der Waals surface area contributed by atoms with Crippen molar-refractivity contribution in [2.45, 2.75) is 28.8 Å². The van der Waals surface area contributed by atoms with Crippen LogP contribution in [0, 0.1) is 10.1 Å². The zero-order chi connectivity index (χ0) is 48.6. The van der Waals surface area contributed by atoms with Gasteiger partial charge in [0.2, 0.25) is 0 Å². The Labute approximate surface area is 381 Å². The van der Waals surface area contributed by atoms with Crippen LogP contribution in [0.15, 0.2) is 155 Å². The highest BCUT2D eigenvalue weighted by Crippen LogP contribution is 2.31. The first-order chi connectivity index (χ1) is 31.8. The van der Waals surface area contributed by atoms with E-state index in [9.17, 15) is 49.7 Å². The number of hydrogen-bond acceptors (Lipinski definition) is 12. The van der Waals surface area contributed by atoms with Crippen molar-refractivity contribution in [2.24, 2.45) is 0 Å². The number of alkyl halides is 3. The number of rotatable bonds is 21. The molecule has 0 bridgehead atoms. The molecule has 0 unspecified atom stereocenters. The molecule has 6 rings (SSSR count). The highest BCUT2D eigenvalue weighted by Gasteiger charge is 2.31. The molecule has 0 aromatic heterocycles. The molecule has 352 valence electrons. The number of carboxylic acid groups (broad SMARTS) is 2. The van der Waals surface area contributed by atoms with Crippen LogP contribution in [-0.4, -0.2) is 70.3 Å². The predicted octanol–water partition coefficient (Wildman–Crippen LogP) is 8.07. The van der Waals surface area contributed by atoms with Crippen molar-refractivity contribution in [3.8, 4) is 23.0 Å². The summed E-state index contributed by atoms with van der Waals surface area (Å²) in [5.74, 6) is -0.142. The second-order valence-corrected chi connectivity index (χ2v) is 17.1. The van der Waals surface area contributed by atoms with Crippen LogP contribution in [0.1, 0.15) is 16.7 Å². The molecule has 0 saturated carbocycles. The average molecular weight is 968 g/mol. The van der Waals surface area contributed by atoms with Crippen LogP contribution < -0.4 is 28.4 Å². The third-order valence-electron chi connectivity index (χ3n) is 8.90. The molecule has 0 atom stereocenters. The molecule has 0 aliphatic carbocycles. The summed E-state index contributed by atoms with van der Waals surface area (Å²) in [6.07, 6.45) is -4.88. The summed E-state index contributed by atoms with van der Waals surface area (Å²) >= 11 is 0. The summed E-state index contributed by atoms with van der Waals surface area (Å²) < 4.78 is 115. The largest absolute Gasteiger partial charge is 0.490 e. The summed E-state index contributed by atoms with van der Waals surface area (Å²) in [6, 6.07) is 33.8. The van der Waals surface area contributed by atoms with Crippen LogP contribution in [0.25, 0.3) is 0 Å². The van der Waals surface area contributed by atoms with Crippen molar-refractivity contribution in [3.63, 3.8) is 0 Å². The van der Waals surface area contributed by atoms with Crippen molar-refractivity contribution >= 4 is 49.0 Å². The first-order valence-corrected chi connectivity index (χ1v) is 22.5. The summed E-state index contributed by atoms with van der Waals surface area (Å²) in [6.45, 7) is 0.641. The van der Waals surface area contributed by atoms with Crippen molar-refractivity contribution in [3.05, 3.63) is 172 Å². The van der Waals surface area contributed by atoms with E-state index in [1.807, 2.05) is 0 Å². The third-order valence-corrected chi connectivity index (χ3v) is 11.7. The fourth-order valence-electron chi connectivity index (χ4n) is 5.85. The molecule has 0 heterocycles. The number of anilines is 2. The highest BCUT2D eigenvalue weighted by atomic mass is 32.2. The molecule has 6 aromatic rings. The van der Waals surface area contributed by atoms with Crippen LogP contribution in [0.4, 0.5) is 30.2 Å². The molecule has 4 N–H and O–H groups in total. The molecular formula is C45H40F3N3O14S2. The van der Waals surface area contributed by atoms with Gasteiger partial charge in [0.25, 0.3) is 25.7 Å². The van der Waals surface area contributed by atoms with Gasteiger partial charge in [0.15, 0.2) is 4.90 Å². The summed E-state index contributed by atoms with van der Waals surface area (Å²) in [7, 11) is -8.23. The van der Waals surface area contributed by atoms with E-state index in [4.69, 9.17) is 29.2 Å². The number of nitro groups is 1. The first-order valence-electron chi connectivity index (χ1n) is 19.6. The smallest absolute Gasteiger partial charge is 0.416 e. The van der Waals surface area contributed by atoms with E-state index in [-0.39, 0.29) is 55.5 Å². The van der Waals surface area contributed by atoms with Gasteiger partial charge in [-0.3, -0.25) is 29.1 Å². The maximum absolute atomic E-state index is 12.7. The first kappa shape index (κ1) is 50.2. The summed E-state index contributed by atoms with van der Waals surface area (Å²) in [5, 5.41) is 29.0. The van der Waals surface area contributed by atoms with E-state index in [1.165, 1.54) is 60.7 Å². The molecule has 0 aliphatic rings. The molecule has 0 saturated heterocycles. The number of halogens is 3. The maximum Gasteiger partial charge on any atom is 0.416 e. The standard InChI is InChI=1S/C23H20F3NO6S.C22H20N2O8S/c24-23(25,26)17-5-11-20(12-6-17)34(30,31)27-18-7-9-19(10-8-18)32-13-14-33-21-4-2-1-3-16(21)15-22(28)29;25-22(26)15-16-5-1-3-7-20(16)32-14-13-31-18-11-9-17(10-12-18)23-33(29,30)21-8-4-2-6-19(21)24(27)28/h1-12,27H,13-15H2,(H,28,29);1-12,23H,13-15H2,(H,25,26). The van der Waals surface area contributed by atoms with Crippen LogP contribution in [-0.2, 0) is 48.7 Å². The zero-order valence-electron chi connectivity index (χ0n) is 34.8. The van der Waals surface area contributed by atoms with Gasteiger partial charge in [-0.2, -0.15) is 13.2 Å². The van der Waals surface area contributed by atoms with Crippen LogP contribution in [0.2, 0.25) is 0 Å². The van der Waals surface area contributed by atoms with Gasteiger partial charge in [0.05, 0.1) is 28.2 Å². The molecule has 22 heteroatoms. The quantitative estimate of drug-likeness (QED) is 0.0303. The minimum absolute atomic E-state index is 0.151. The fourth-order valence-corrected chi connectivity index (χ4v) is 8.14. The molecule has 17 nitrogen and oxygen atoms in total. The van der Waals surface area contributed by atoms with E-state index >= 15 is 0 Å². The lowest BCUT2D eigenvalue weighted by atomic mass is 10.1. The Kier molecular flexibility index (Phi) is 17.1. The number of aliphatic carboxylic acids is 2. The number of nitrogens with zero attached hydrogens (tertiary/aromatic N) is 1. The maximum atomic E-state index is 12.7. The van der Waals surface area contributed by atoms with Gasteiger partial charge in [-0.1, -0.05) is 48.5 Å². The molecule has 0 spiro atoms. The van der Waals surface area contributed by atoms with Crippen molar-refractivity contribution < 1.29 is 73.7 Å². The fraction of sp³-hybridized carbons (Fsp3) is 0.156. The zero-order valence-corrected chi connectivity index (χ0v) is 36.4. The van der Waals surface area contributed by atoms with Crippen LogP contribution >= 0.6 is 0 Å². The number of ether oxygens (including phenoxy) is 4. The van der Waals surface area contributed by atoms with Crippen molar-refractivity contribution in [1.29, 1.82) is 0 Å². The lowest BCUT2D eigenvalue weighted by molar-refractivity contribution is -0.387. The molecule has 0 radical (unpaired) electrons. The van der Waals surface area contributed by atoms with E-state index in [2.05, 4.69) is 9.44 Å². The number of para-hydroxylation sites is 3. The third kappa shape index (κ3) is 15.4. The summed E-state index contributed by atoms with van der Waals surface area (Å²) in [5.41, 5.74) is 0.0441. The predicted molar refractivity (Wildman–Crippen MR) is 237 cm³/mol. The molecular weight excluding hydrogens is 928 g/mol. The molecule has 0 aliphatic heterocycles. The molecule has 0 amide bonds. The Hall–Kier alpha value is -7.85. The van der Waals surface area contributed by atoms with E-state index in [1.54, 1.807) is 48.5 Å². The number of sulfonamides is 2. The van der Waals surface area contributed by atoms with E-state index < -0.39 is 59.2 Å². The van der Waals surface area contributed by atoms with Gasteiger partial charge < -0.3 is 29.2 Å². The van der Waals surface area contributed by atoms with E-state index in [0.717, 1.165) is 24.3 Å². The number of carboxylic acids is 2. The van der Waals surface area contributed by atoms with Gasteiger partial charge in [-0.25, -0.2) is 16.8 Å². The van der Waals surface area contributed by atoms with Gasteiger partial charge >= 0.3 is 18.1 Å². The Morgan fingerprint density at radius 1 is 0.552 bits per heavy atom. The number of nitro benzene ring substituents is 1. The second kappa shape index (κ2) is 22.9. The number of nitrogens with one attached hydrogen (secondary N) is 2. The van der Waals surface area contributed by atoms with Gasteiger partial charge in [-0.15, -0.1) is 0 Å². The second-order valence-electron chi connectivity index (χ2n) is 13.8. The highest BCUT2D eigenvalue weighted by molar-refractivity contribution is 7.93. The molecule has 6 aromatic carbocycles.